The van der Waals surface area contributed by atoms with Crippen LogP contribution in [-0.4, -0.2) is 24.1 Å². The lowest BCUT2D eigenvalue weighted by Crippen LogP contribution is -2.44. The van der Waals surface area contributed by atoms with Crippen LogP contribution in [0.25, 0.3) is 0 Å². The second-order valence-electron chi connectivity index (χ2n) is 3.36. The van der Waals surface area contributed by atoms with E-state index in [1.54, 1.807) is 0 Å². The molecule has 1 heterocycles. The molecule has 0 fully saturated rings. The molecule has 0 aromatic rings. The maximum absolute atomic E-state index is 2.31. The highest BCUT2D eigenvalue weighted by Gasteiger charge is 2.21. The summed E-state index contributed by atoms with van der Waals surface area (Å²) in [6, 6.07) is 0. The van der Waals surface area contributed by atoms with Gasteiger partial charge in [0.15, 0.2) is 0 Å². The minimum absolute atomic E-state index is 1.13. The third-order valence-electron chi connectivity index (χ3n) is 2.61. The summed E-state index contributed by atoms with van der Waals surface area (Å²) in [7, 11) is 0. The zero-order chi connectivity index (χ0) is 8.32. The molecular weight excluding hydrogens is 134 g/mol. The molecule has 0 saturated carbocycles. The Kier molecular flexibility index (Phi) is 2.50. The number of hydrogen-bond donors (Lipinski definition) is 0. The normalized spacial score (nSPS) is 21.5. The summed E-state index contributed by atoms with van der Waals surface area (Å²) >= 11 is 0. The summed E-state index contributed by atoms with van der Waals surface area (Å²) in [6.07, 6.45) is 6.71. The zero-order valence-corrected chi connectivity index (χ0v) is 7.80. The Bertz CT molecular complexity index is 185. The Morgan fingerprint density at radius 1 is 1.36 bits per heavy atom. The maximum atomic E-state index is 2.31. The molecule has 0 spiro atoms. The third kappa shape index (κ3) is 1.72. The van der Waals surface area contributed by atoms with Crippen LogP contribution in [0.5, 0.6) is 0 Å². The van der Waals surface area contributed by atoms with Crippen LogP contribution >= 0.6 is 0 Å². The smallest absolute Gasteiger partial charge is 0.105 e. The van der Waals surface area contributed by atoms with Gasteiger partial charge in [0.2, 0.25) is 0 Å². The van der Waals surface area contributed by atoms with E-state index < -0.39 is 0 Å². The van der Waals surface area contributed by atoms with Crippen molar-refractivity contribution in [3.63, 3.8) is 0 Å². The van der Waals surface area contributed by atoms with E-state index in [0.717, 1.165) is 4.48 Å². The Labute approximate surface area is 69.6 Å². The highest BCUT2D eigenvalue weighted by Crippen LogP contribution is 2.16. The monoisotopic (exact) mass is 152 g/mol. The van der Waals surface area contributed by atoms with Gasteiger partial charge in [-0.05, 0) is 32.4 Å². The molecule has 1 aliphatic heterocycles. The summed E-state index contributed by atoms with van der Waals surface area (Å²) in [5.41, 5.74) is 1.50. The molecule has 0 atom stereocenters. The van der Waals surface area contributed by atoms with Gasteiger partial charge in [-0.3, -0.25) is 4.48 Å². The average molecular weight is 152 g/mol. The van der Waals surface area contributed by atoms with E-state index in [9.17, 15) is 0 Å². The van der Waals surface area contributed by atoms with Gasteiger partial charge in [0.1, 0.15) is 6.54 Å². The van der Waals surface area contributed by atoms with E-state index in [1.165, 1.54) is 25.2 Å². The molecule has 1 aliphatic rings. The lowest BCUT2D eigenvalue weighted by atomic mass is 10.1. The first-order chi connectivity index (χ1) is 5.22. The van der Waals surface area contributed by atoms with Crippen LogP contribution in [0.2, 0.25) is 0 Å². The highest BCUT2D eigenvalue weighted by molar-refractivity contribution is 5.12. The van der Waals surface area contributed by atoms with Gasteiger partial charge in [-0.25, -0.2) is 0 Å². The zero-order valence-electron chi connectivity index (χ0n) is 7.80. The molecule has 0 aromatic carbocycles. The summed E-state index contributed by atoms with van der Waals surface area (Å²) in [5.74, 6) is 0. The third-order valence-corrected chi connectivity index (χ3v) is 2.61. The van der Waals surface area contributed by atoms with Gasteiger partial charge < -0.3 is 0 Å². The molecule has 1 rings (SSSR count). The van der Waals surface area contributed by atoms with Gasteiger partial charge in [-0.2, -0.15) is 0 Å². The molecule has 0 saturated heterocycles. The van der Waals surface area contributed by atoms with Crippen LogP contribution < -0.4 is 0 Å². The molecule has 62 valence electrons. The number of nitrogens with zero attached hydrogens (tertiary/aromatic N) is 1. The van der Waals surface area contributed by atoms with E-state index in [1.807, 2.05) is 0 Å². The lowest BCUT2D eigenvalue weighted by molar-refractivity contribution is -0.871. The Hall–Kier alpha value is -0.560. The van der Waals surface area contributed by atoms with E-state index in [4.69, 9.17) is 0 Å². The van der Waals surface area contributed by atoms with Crippen LogP contribution in [0.3, 0.4) is 0 Å². The van der Waals surface area contributed by atoms with Crippen molar-refractivity contribution in [3.05, 3.63) is 23.9 Å². The minimum atomic E-state index is 1.13. The topological polar surface area (TPSA) is 0 Å². The predicted octanol–water partition coefficient (Wildman–Crippen LogP) is 2.32. The fourth-order valence-electron chi connectivity index (χ4n) is 1.65. The van der Waals surface area contributed by atoms with Crippen molar-refractivity contribution in [2.24, 2.45) is 0 Å². The first-order valence-electron chi connectivity index (χ1n) is 4.43. The molecule has 0 unspecified atom stereocenters. The number of hydrogen-bond acceptors (Lipinski definition) is 0. The average Bonchev–Trinajstić information content (AvgIpc) is 2.04. The lowest BCUT2D eigenvalue weighted by Gasteiger charge is -2.34. The second kappa shape index (κ2) is 3.22. The number of quaternary nitrogens is 1. The molecule has 0 aromatic heterocycles. The Morgan fingerprint density at radius 3 is 2.36 bits per heavy atom. The summed E-state index contributed by atoms with van der Waals surface area (Å²) in [4.78, 5) is 0. The van der Waals surface area contributed by atoms with Crippen LogP contribution in [-0.2, 0) is 0 Å². The first-order valence-corrected chi connectivity index (χ1v) is 4.43. The summed E-state index contributed by atoms with van der Waals surface area (Å²) in [5, 5.41) is 0. The van der Waals surface area contributed by atoms with Gasteiger partial charge in [0.25, 0.3) is 0 Å². The van der Waals surface area contributed by atoms with Gasteiger partial charge in [-0.15, -0.1) is 0 Å². The quantitative estimate of drug-likeness (QED) is 0.533. The summed E-state index contributed by atoms with van der Waals surface area (Å²) < 4.78 is 1.13. The van der Waals surface area contributed by atoms with E-state index in [-0.39, 0.29) is 0 Å². The van der Waals surface area contributed by atoms with Crippen LogP contribution in [0, 0.1) is 0 Å². The molecular formula is C10H18N+. The molecule has 11 heavy (non-hydrogen) atoms. The molecule has 0 bridgehead atoms. The molecule has 0 N–H and O–H groups in total. The Balaban J connectivity index is 2.75. The number of allylic oxidation sites excluding steroid dienone is 2. The number of likely N-dealkylation sites (N-methyl/N-ethyl adjacent to an activating group) is 1. The van der Waals surface area contributed by atoms with Gasteiger partial charge in [-0.1, -0.05) is 6.08 Å². The maximum Gasteiger partial charge on any atom is 0.105 e. The highest BCUT2D eigenvalue weighted by atomic mass is 15.3. The molecule has 1 nitrogen and oxygen atoms in total. The van der Waals surface area contributed by atoms with E-state index >= 15 is 0 Å². The van der Waals surface area contributed by atoms with Crippen molar-refractivity contribution >= 4 is 0 Å². The van der Waals surface area contributed by atoms with Gasteiger partial charge in [0.05, 0.1) is 19.3 Å². The standard InChI is InChI=1S/C10H18N/c1-4-11(5-2)8-6-7-10(3)9-11/h6-8H,4-5,9H2,1-3H3/q+1. The van der Waals surface area contributed by atoms with Crippen LogP contribution in [0.1, 0.15) is 20.8 Å². The molecule has 0 amide bonds. The van der Waals surface area contributed by atoms with Crippen molar-refractivity contribution in [1.29, 1.82) is 0 Å². The van der Waals surface area contributed by atoms with Crippen molar-refractivity contribution in [2.75, 3.05) is 19.6 Å². The van der Waals surface area contributed by atoms with Crippen molar-refractivity contribution in [3.8, 4) is 0 Å². The van der Waals surface area contributed by atoms with Gasteiger partial charge >= 0.3 is 0 Å². The van der Waals surface area contributed by atoms with Crippen molar-refractivity contribution in [2.45, 2.75) is 20.8 Å². The second-order valence-corrected chi connectivity index (χ2v) is 3.36. The largest absolute Gasteiger partial charge is 0.294 e. The Morgan fingerprint density at radius 2 is 2.00 bits per heavy atom. The van der Waals surface area contributed by atoms with Crippen LogP contribution in [0.15, 0.2) is 23.9 Å². The molecule has 0 aliphatic carbocycles. The summed E-state index contributed by atoms with van der Waals surface area (Å²) in [6.45, 7) is 10.3. The first kappa shape index (κ1) is 8.54. The van der Waals surface area contributed by atoms with Crippen molar-refractivity contribution in [1.82, 2.24) is 0 Å². The fraction of sp³-hybridized carbons (Fsp3) is 0.600. The fourth-order valence-corrected chi connectivity index (χ4v) is 1.65. The number of rotatable bonds is 2. The SMILES string of the molecule is CC[N+]1(CC)C=CC=C(C)C1. The van der Waals surface area contributed by atoms with Gasteiger partial charge in [0, 0.05) is 0 Å². The molecule has 1 heteroatoms. The van der Waals surface area contributed by atoms with E-state index in [0.29, 0.717) is 0 Å². The van der Waals surface area contributed by atoms with Crippen LogP contribution in [0.4, 0.5) is 0 Å². The van der Waals surface area contributed by atoms with E-state index in [2.05, 4.69) is 39.1 Å². The molecule has 0 radical (unpaired) electrons. The van der Waals surface area contributed by atoms with Crippen molar-refractivity contribution < 1.29 is 4.48 Å². The predicted molar refractivity (Wildman–Crippen MR) is 49.1 cm³/mol. The minimum Gasteiger partial charge on any atom is -0.294 e.